The van der Waals surface area contributed by atoms with Gasteiger partial charge in [-0.15, -0.1) is 0 Å². The molecule has 3 rings (SSSR count). The van der Waals surface area contributed by atoms with Gasteiger partial charge in [0.1, 0.15) is 11.9 Å². The molecule has 0 spiro atoms. The zero-order chi connectivity index (χ0) is 22.4. The number of carbonyl (C=O) groups is 1. The molecule has 0 bridgehead atoms. The highest BCUT2D eigenvalue weighted by molar-refractivity contribution is 9.10. The minimum absolute atomic E-state index is 0.121. The number of ether oxygens (including phenoxy) is 2. The molecule has 1 N–H and O–H groups in total. The molecule has 0 aliphatic heterocycles. The van der Waals surface area contributed by atoms with Crippen LogP contribution < -0.4 is 14.8 Å². The van der Waals surface area contributed by atoms with Crippen molar-refractivity contribution >= 4 is 21.8 Å². The van der Waals surface area contributed by atoms with Gasteiger partial charge in [-0.05, 0) is 62.7 Å². The van der Waals surface area contributed by atoms with Gasteiger partial charge in [-0.1, -0.05) is 21.1 Å². The van der Waals surface area contributed by atoms with Crippen LogP contribution in [-0.4, -0.2) is 29.3 Å². The van der Waals surface area contributed by atoms with Crippen molar-refractivity contribution in [2.24, 2.45) is 0 Å². The summed E-state index contributed by atoms with van der Waals surface area (Å²) in [5.41, 5.74) is 1.38. The molecule has 0 saturated carbocycles. The summed E-state index contributed by atoms with van der Waals surface area (Å²) in [6.07, 6.45) is 0.121. The lowest BCUT2D eigenvalue weighted by molar-refractivity contribution is -0.121. The van der Waals surface area contributed by atoms with E-state index in [9.17, 15) is 9.18 Å². The van der Waals surface area contributed by atoms with Crippen molar-refractivity contribution in [3.63, 3.8) is 0 Å². The van der Waals surface area contributed by atoms with Crippen molar-refractivity contribution in [1.82, 2.24) is 15.5 Å². The SMILES string of the molecule is CCOc1cc(Br)c(CC(=O)NC(C)c2nc(-c3ccc(F)cc3)no2)cc1OCC. The Balaban J connectivity index is 1.68. The fourth-order valence-electron chi connectivity index (χ4n) is 2.90. The van der Waals surface area contributed by atoms with E-state index in [2.05, 4.69) is 31.4 Å². The van der Waals surface area contributed by atoms with Gasteiger partial charge >= 0.3 is 0 Å². The molecule has 1 heterocycles. The molecule has 9 heteroatoms. The number of halogens is 2. The van der Waals surface area contributed by atoms with E-state index < -0.39 is 6.04 Å². The van der Waals surface area contributed by atoms with Crippen molar-refractivity contribution in [1.29, 1.82) is 0 Å². The molecular formula is C22H23BrFN3O4. The number of carbonyl (C=O) groups excluding carboxylic acids is 1. The number of hydrogen-bond acceptors (Lipinski definition) is 6. The standard InChI is InChI=1S/C22H23BrFN3O4/c1-4-29-18-10-15(17(23)12-19(18)30-5-2)11-20(28)25-13(3)22-26-21(27-31-22)14-6-8-16(24)9-7-14/h6-10,12-13H,4-5,11H2,1-3H3,(H,25,28). The van der Waals surface area contributed by atoms with Gasteiger partial charge in [0.25, 0.3) is 0 Å². The van der Waals surface area contributed by atoms with Crippen LogP contribution in [-0.2, 0) is 11.2 Å². The van der Waals surface area contributed by atoms with Gasteiger partial charge in [0.2, 0.25) is 17.6 Å². The average molecular weight is 492 g/mol. The van der Waals surface area contributed by atoms with Crippen molar-refractivity contribution in [2.45, 2.75) is 33.2 Å². The van der Waals surface area contributed by atoms with Gasteiger partial charge < -0.3 is 19.3 Å². The lowest BCUT2D eigenvalue weighted by Crippen LogP contribution is -2.28. The van der Waals surface area contributed by atoms with E-state index in [1.165, 1.54) is 12.1 Å². The largest absolute Gasteiger partial charge is 0.490 e. The lowest BCUT2D eigenvalue weighted by atomic mass is 10.1. The predicted molar refractivity (Wildman–Crippen MR) is 116 cm³/mol. The summed E-state index contributed by atoms with van der Waals surface area (Å²) < 4.78 is 30.3. The van der Waals surface area contributed by atoms with Crippen LogP contribution in [0.2, 0.25) is 0 Å². The topological polar surface area (TPSA) is 86.5 Å². The fraction of sp³-hybridized carbons (Fsp3) is 0.318. The molecule has 7 nitrogen and oxygen atoms in total. The van der Waals surface area contributed by atoms with Crippen LogP contribution in [0.5, 0.6) is 11.5 Å². The maximum absolute atomic E-state index is 13.1. The van der Waals surface area contributed by atoms with E-state index in [0.717, 1.165) is 10.0 Å². The molecule has 0 radical (unpaired) electrons. The average Bonchev–Trinajstić information content (AvgIpc) is 3.22. The summed E-state index contributed by atoms with van der Waals surface area (Å²) in [4.78, 5) is 16.9. The third kappa shape index (κ3) is 5.81. The number of aromatic nitrogens is 2. The smallest absolute Gasteiger partial charge is 0.249 e. The molecule has 0 fully saturated rings. The highest BCUT2D eigenvalue weighted by atomic mass is 79.9. The van der Waals surface area contributed by atoms with Crippen LogP contribution in [0.15, 0.2) is 45.4 Å². The van der Waals surface area contributed by atoms with Crippen LogP contribution >= 0.6 is 15.9 Å². The number of rotatable bonds is 9. The summed E-state index contributed by atoms with van der Waals surface area (Å²) in [5.74, 6) is 1.22. The van der Waals surface area contributed by atoms with E-state index in [4.69, 9.17) is 14.0 Å². The molecule has 1 aromatic heterocycles. The van der Waals surface area contributed by atoms with Crippen LogP contribution in [0.25, 0.3) is 11.4 Å². The summed E-state index contributed by atoms with van der Waals surface area (Å²) in [6, 6.07) is 8.86. The highest BCUT2D eigenvalue weighted by Crippen LogP contribution is 2.34. The summed E-state index contributed by atoms with van der Waals surface area (Å²) in [7, 11) is 0. The molecule has 1 unspecified atom stereocenters. The third-order valence-corrected chi connectivity index (χ3v) is 5.09. The first kappa shape index (κ1) is 22.7. The highest BCUT2D eigenvalue weighted by Gasteiger charge is 2.19. The monoisotopic (exact) mass is 491 g/mol. The Morgan fingerprint density at radius 3 is 2.45 bits per heavy atom. The maximum Gasteiger partial charge on any atom is 0.249 e. The Labute approximate surface area is 188 Å². The fourth-order valence-corrected chi connectivity index (χ4v) is 3.37. The summed E-state index contributed by atoms with van der Waals surface area (Å²) in [6.45, 7) is 6.52. The zero-order valence-corrected chi connectivity index (χ0v) is 19.0. The first-order valence-corrected chi connectivity index (χ1v) is 10.7. The van der Waals surface area contributed by atoms with Crippen molar-refractivity contribution in [3.8, 4) is 22.9 Å². The first-order chi connectivity index (χ1) is 14.9. The molecule has 3 aromatic rings. The first-order valence-electron chi connectivity index (χ1n) is 9.88. The van der Waals surface area contributed by atoms with Crippen molar-refractivity contribution in [2.75, 3.05) is 13.2 Å². The predicted octanol–water partition coefficient (Wildman–Crippen LogP) is 4.86. The third-order valence-electron chi connectivity index (χ3n) is 4.36. The van der Waals surface area contributed by atoms with Gasteiger partial charge in [0, 0.05) is 10.0 Å². The van der Waals surface area contributed by atoms with Gasteiger partial charge in [-0.25, -0.2) is 4.39 Å². The molecule has 2 aromatic carbocycles. The van der Waals surface area contributed by atoms with Gasteiger partial charge in [-0.3, -0.25) is 4.79 Å². The second-order valence-corrected chi connectivity index (χ2v) is 7.54. The normalized spacial score (nSPS) is 11.8. The zero-order valence-electron chi connectivity index (χ0n) is 17.4. The minimum atomic E-state index is -0.498. The van der Waals surface area contributed by atoms with Crippen LogP contribution in [0, 0.1) is 5.82 Å². The van der Waals surface area contributed by atoms with E-state index in [1.807, 2.05) is 13.8 Å². The molecule has 0 aliphatic rings. The van der Waals surface area contributed by atoms with Crippen molar-refractivity contribution < 1.29 is 23.2 Å². The van der Waals surface area contributed by atoms with E-state index >= 15 is 0 Å². The summed E-state index contributed by atoms with van der Waals surface area (Å²) >= 11 is 3.49. The number of hydrogen-bond donors (Lipinski definition) is 1. The Kier molecular flexibility index (Phi) is 7.62. The Hall–Kier alpha value is -2.94. The quantitative estimate of drug-likeness (QED) is 0.460. The van der Waals surface area contributed by atoms with E-state index in [0.29, 0.717) is 36.1 Å². The summed E-state index contributed by atoms with van der Waals surface area (Å²) in [5, 5.41) is 6.75. The second-order valence-electron chi connectivity index (χ2n) is 6.69. The Morgan fingerprint density at radius 1 is 1.16 bits per heavy atom. The molecule has 0 saturated heterocycles. The number of nitrogens with zero attached hydrogens (tertiary/aromatic N) is 2. The number of benzene rings is 2. The van der Waals surface area contributed by atoms with E-state index in [1.54, 1.807) is 31.2 Å². The Bertz CT molecular complexity index is 1040. The molecular weight excluding hydrogens is 469 g/mol. The van der Waals surface area contributed by atoms with Gasteiger partial charge in [0.05, 0.1) is 19.6 Å². The molecule has 0 aliphatic carbocycles. The lowest BCUT2D eigenvalue weighted by Gasteiger charge is -2.15. The number of amides is 1. The van der Waals surface area contributed by atoms with Gasteiger partial charge in [0.15, 0.2) is 11.5 Å². The molecule has 1 atom stereocenters. The van der Waals surface area contributed by atoms with Crippen LogP contribution in [0.1, 0.15) is 38.3 Å². The number of nitrogens with one attached hydrogen (secondary N) is 1. The second kappa shape index (κ2) is 10.4. The minimum Gasteiger partial charge on any atom is -0.490 e. The van der Waals surface area contributed by atoms with Gasteiger partial charge in [-0.2, -0.15) is 4.98 Å². The van der Waals surface area contributed by atoms with Crippen LogP contribution in [0.4, 0.5) is 4.39 Å². The van der Waals surface area contributed by atoms with Crippen molar-refractivity contribution in [3.05, 3.63) is 58.1 Å². The maximum atomic E-state index is 13.1. The Morgan fingerprint density at radius 2 is 1.81 bits per heavy atom. The molecule has 31 heavy (non-hydrogen) atoms. The molecule has 1 amide bonds. The van der Waals surface area contributed by atoms with E-state index in [-0.39, 0.29) is 24.0 Å². The molecule has 164 valence electrons. The van der Waals surface area contributed by atoms with Crippen LogP contribution in [0.3, 0.4) is 0 Å².